The van der Waals surface area contributed by atoms with E-state index in [9.17, 15) is 0 Å². The number of ether oxygens (including phenoxy) is 2. The number of rotatable bonds is 7. The van der Waals surface area contributed by atoms with Gasteiger partial charge in [-0.15, -0.1) is 6.42 Å². The van der Waals surface area contributed by atoms with Crippen LogP contribution in [0.1, 0.15) is 25.8 Å². The summed E-state index contributed by atoms with van der Waals surface area (Å²) in [5.74, 6) is 3.92. The predicted molar refractivity (Wildman–Crippen MR) is 73.9 cm³/mol. The molecule has 3 nitrogen and oxygen atoms in total. The molecule has 0 aliphatic heterocycles. The summed E-state index contributed by atoms with van der Waals surface area (Å²) < 4.78 is 11.2. The van der Waals surface area contributed by atoms with E-state index in [-0.39, 0.29) is 12.6 Å². The summed E-state index contributed by atoms with van der Waals surface area (Å²) in [5, 5.41) is 0. The van der Waals surface area contributed by atoms with E-state index >= 15 is 0 Å². The summed E-state index contributed by atoms with van der Waals surface area (Å²) in [4.78, 5) is 0. The van der Waals surface area contributed by atoms with Crippen molar-refractivity contribution in [2.75, 3.05) is 13.2 Å². The van der Waals surface area contributed by atoms with Gasteiger partial charge in [-0.1, -0.05) is 25.0 Å². The molecule has 1 atom stereocenters. The molecule has 0 heterocycles. The summed E-state index contributed by atoms with van der Waals surface area (Å²) in [6.07, 6.45) is 6.92. The van der Waals surface area contributed by atoms with Crippen molar-refractivity contribution >= 4 is 0 Å². The molecule has 0 aliphatic carbocycles. The average Bonchev–Trinajstić information content (AvgIpc) is 2.38. The van der Waals surface area contributed by atoms with Crippen LogP contribution in [-0.2, 0) is 6.42 Å². The average molecular weight is 247 g/mol. The van der Waals surface area contributed by atoms with E-state index in [1.165, 1.54) is 0 Å². The third kappa shape index (κ3) is 3.97. The Morgan fingerprint density at radius 2 is 2.11 bits per heavy atom. The molecule has 0 spiro atoms. The molecule has 0 amide bonds. The first-order valence-electron chi connectivity index (χ1n) is 6.29. The molecule has 3 heteroatoms. The lowest BCUT2D eigenvalue weighted by Crippen LogP contribution is -2.21. The van der Waals surface area contributed by atoms with Crippen LogP contribution in [0.5, 0.6) is 11.5 Å². The van der Waals surface area contributed by atoms with Crippen molar-refractivity contribution in [2.45, 2.75) is 32.7 Å². The highest BCUT2D eigenvalue weighted by atomic mass is 16.5. The van der Waals surface area contributed by atoms with Crippen molar-refractivity contribution in [3.8, 4) is 23.8 Å². The molecule has 0 saturated carbocycles. The lowest BCUT2D eigenvalue weighted by molar-refractivity contribution is 0.296. The van der Waals surface area contributed by atoms with E-state index in [0.717, 1.165) is 29.9 Å². The third-order valence-electron chi connectivity index (χ3n) is 2.67. The van der Waals surface area contributed by atoms with Crippen LogP contribution in [0, 0.1) is 12.3 Å². The highest BCUT2D eigenvalue weighted by Gasteiger charge is 2.13. The van der Waals surface area contributed by atoms with E-state index < -0.39 is 0 Å². The first-order valence-corrected chi connectivity index (χ1v) is 6.29. The van der Waals surface area contributed by atoms with Gasteiger partial charge in [-0.25, -0.2) is 0 Å². The van der Waals surface area contributed by atoms with Gasteiger partial charge < -0.3 is 15.2 Å². The molecule has 1 aromatic carbocycles. The van der Waals surface area contributed by atoms with E-state index in [4.69, 9.17) is 21.6 Å². The summed E-state index contributed by atoms with van der Waals surface area (Å²) in [7, 11) is 0. The largest absolute Gasteiger partial charge is 0.490 e. The highest BCUT2D eigenvalue weighted by molar-refractivity contribution is 5.47. The number of nitrogens with two attached hydrogens (primary N) is 1. The van der Waals surface area contributed by atoms with Crippen LogP contribution in [0.15, 0.2) is 18.2 Å². The van der Waals surface area contributed by atoms with Gasteiger partial charge in [0.15, 0.2) is 11.5 Å². The van der Waals surface area contributed by atoms with Crippen molar-refractivity contribution in [2.24, 2.45) is 5.73 Å². The summed E-state index contributed by atoms with van der Waals surface area (Å²) in [6, 6.07) is 5.96. The number of para-hydroxylation sites is 1. The summed E-state index contributed by atoms with van der Waals surface area (Å²) >= 11 is 0. The molecule has 1 rings (SSSR count). The lowest BCUT2D eigenvalue weighted by atomic mass is 10.0. The smallest absolute Gasteiger partial charge is 0.165 e. The zero-order valence-electron chi connectivity index (χ0n) is 11.1. The van der Waals surface area contributed by atoms with Crippen LogP contribution in [-0.4, -0.2) is 19.3 Å². The monoisotopic (exact) mass is 247 g/mol. The Labute approximate surface area is 109 Å². The molecule has 0 radical (unpaired) electrons. The van der Waals surface area contributed by atoms with Gasteiger partial charge in [0.2, 0.25) is 0 Å². The van der Waals surface area contributed by atoms with Crippen LogP contribution < -0.4 is 15.2 Å². The van der Waals surface area contributed by atoms with Gasteiger partial charge in [0.25, 0.3) is 0 Å². The van der Waals surface area contributed by atoms with Gasteiger partial charge in [0.05, 0.1) is 6.61 Å². The Morgan fingerprint density at radius 3 is 2.72 bits per heavy atom. The van der Waals surface area contributed by atoms with E-state index in [0.29, 0.717) is 6.61 Å². The fourth-order valence-electron chi connectivity index (χ4n) is 1.70. The molecule has 18 heavy (non-hydrogen) atoms. The predicted octanol–water partition coefficient (Wildman–Crippen LogP) is 2.38. The minimum Gasteiger partial charge on any atom is -0.490 e. The molecule has 0 aliphatic rings. The zero-order valence-corrected chi connectivity index (χ0v) is 11.1. The van der Waals surface area contributed by atoms with Crippen molar-refractivity contribution in [3.63, 3.8) is 0 Å². The molecular formula is C15H21NO2. The molecule has 0 aromatic heterocycles. The van der Waals surface area contributed by atoms with Crippen LogP contribution in [0.25, 0.3) is 0 Å². The molecule has 0 bridgehead atoms. The molecule has 98 valence electrons. The summed E-state index contributed by atoms with van der Waals surface area (Å²) in [6.45, 7) is 4.84. The van der Waals surface area contributed by atoms with Crippen molar-refractivity contribution in [1.29, 1.82) is 0 Å². The topological polar surface area (TPSA) is 44.5 Å². The highest BCUT2D eigenvalue weighted by Crippen LogP contribution is 2.32. The minimum atomic E-state index is 0.120. The van der Waals surface area contributed by atoms with Gasteiger partial charge in [-0.2, -0.15) is 0 Å². The number of hydrogen-bond donors (Lipinski definition) is 1. The Morgan fingerprint density at radius 1 is 1.33 bits per heavy atom. The first kappa shape index (κ1) is 14.4. The SMILES string of the molecule is C#CCOc1c(CC(N)CC)cccc1OCC. The number of terminal acetylenes is 1. The standard InChI is InChI=1S/C15H21NO2/c1-4-10-18-15-12(11-13(16)5-2)8-7-9-14(15)17-6-3/h1,7-9,13H,5-6,10-11,16H2,2-3H3. The van der Waals surface area contributed by atoms with Crippen LogP contribution in [0.3, 0.4) is 0 Å². The quantitative estimate of drug-likeness (QED) is 0.752. The number of hydrogen-bond acceptors (Lipinski definition) is 3. The van der Waals surface area contributed by atoms with Crippen molar-refractivity contribution in [1.82, 2.24) is 0 Å². The van der Waals surface area contributed by atoms with Gasteiger partial charge in [0.1, 0.15) is 6.61 Å². The second-order valence-electron chi connectivity index (χ2n) is 4.04. The second-order valence-corrected chi connectivity index (χ2v) is 4.04. The van der Waals surface area contributed by atoms with E-state index in [2.05, 4.69) is 12.8 Å². The Hall–Kier alpha value is -1.66. The van der Waals surface area contributed by atoms with Crippen LogP contribution in [0.4, 0.5) is 0 Å². The zero-order chi connectivity index (χ0) is 13.4. The molecule has 0 saturated heterocycles. The second kappa shape index (κ2) is 7.62. The maximum absolute atomic E-state index is 5.99. The van der Waals surface area contributed by atoms with Gasteiger partial charge in [-0.05, 0) is 31.4 Å². The lowest BCUT2D eigenvalue weighted by Gasteiger charge is -2.16. The van der Waals surface area contributed by atoms with Crippen LogP contribution in [0.2, 0.25) is 0 Å². The Balaban J connectivity index is 2.99. The maximum atomic E-state index is 5.99. The van der Waals surface area contributed by atoms with E-state index in [1.807, 2.05) is 25.1 Å². The number of benzene rings is 1. The minimum absolute atomic E-state index is 0.120. The molecule has 1 aromatic rings. The third-order valence-corrected chi connectivity index (χ3v) is 2.67. The summed E-state index contributed by atoms with van der Waals surface area (Å²) in [5.41, 5.74) is 7.04. The first-order chi connectivity index (χ1) is 8.72. The molecule has 2 N–H and O–H groups in total. The van der Waals surface area contributed by atoms with Crippen molar-refractivity contribution in [3.05, 3.63) is 23.8 Å². The molecular weight excluding hydrogens is 226 g/mol. The normalized spacial score (nSPS) is 11.7. The Kier molecular flexibility index (Phi) is 6.10. The maximum Gasteiger partial charge on any atom is 0.165 e. The fourth-order valence-corrected chi connectivity index (χ4v) is 1.70. The van der Waals surface area contributed by atoms with Gasteiger partial charge in [0, 0.05) is 6.04 Å². The van der Waals surface area contributed by atoms with Crippen molar-refractivity contribution < 1.29 is 9.47 Å². The van der Waals surface area contributed by atoms with Crippen LogP contribution >= 0.6 is 0 Å². The van der Waals surface area contributed by atoms with E-state index in [1.54, 1.807) is 0 Å². The molecule has 0 fully saturated rings. The Bertz CT molecular complexity index is 409. The van der Waals surface area contributed by atoms with Gasteiger partial charge >= 0.3 is 0 Å². The fraction of sp³-hybridized carbons (Fsp3) is 0.467. The molecule has 1 unspecified atom stereocenters. The van der Waals surface area contributed by atoms with Gasteiger partial charge in [-0.3, -0.25) is 0 Å².